The molecule has 4 rings (SSSR count). The van der Waals surface area contributed by atoms with Crippen LogP contribution in [0.15, 0.2) is 91.0 Å². The summed E-state index contributed by atoms with van der Waals surface area (Å²) in [5.74, 6) is 1.40. The summed E-state index contributed by atoms with van der Waals surface area (Å²) in [5.41, 5.74) is 3.20. The Morgan fingerprint density at radius 2 is 1.47 bits per heavy atom. The van der Waals surface area contributed by atoms with Crippen molar-refractivity contribution in [2.24, 2.45) is 5.92 Å². The predicted molar refractivity (Wildman–Crippen MR) is 138 cm³/mol. The van der Waals surface area contributed by atoms with E-state index in [2.05, 4.69) is 24.3 Å². The normalized spacial score (nSPS) is 17.6. The van der Waals surface area contributed by atoms with Gasteiger partial charge in [0.25, 0.3) is 0 Å². The molecular formula is C29H31NO3S. The third-order valence-electron chi connectivity index (χ3n) is 6.39. The minimum atomic E-state index is -0.535. The topological polar surface area (TPSA) is 46.6 Å². The smallest absolute Gasteiger partial charge is 0.328 e. The van der Waals surface area contributed by atoms with Crippen molar-refractivity contribution >= 4 is 23.6 Å². The Balaban J connectivity index is 1.48. The lowest BCUT2D eigenvalue weighted by Gasteiger charge is -2.28. The van der Waals surface area contributed by atoms with Crippen LogP contribution >= 0.6 is 11.8 Å². The Morgan fingerprint density at radius 3 is 2.03 bits per heavy atom. The number of thioether (sulfide) groups is 1. The van der Waals surface area contributed by atoms with Crippen LogP contribution in [0.1, 0.15) is 29.0 Å². The van der Waals surface area contributed by atoms with E-state index < -0.39 is 12.0 Å². The molecule has 0 bridgehead atoms. The molecule has 4 nitrogen and oxygen atoms in total. The second-order valence-corrected chi connectivity index (χ2v) is 9.85. The Bertz CT molecular complexity index is 1020. The first-order chi connectivity index (χ1) is 16.7. The molecule has 3 aromatic rings. The van der Waals surface area contributed by atoms with Crippen molar-refractivity contribution in [2.45, 2.75) is 24.8 Å². The lowest BCUT2D eigenvalue weighted by atomic mass is 9.90. The predicted octanol–water partition coefficient (Wildman–Crippen LogP) is 5.18. The maximum Gasteiger partial charge on any atom is 0.328 e. The SMILES string of the molecule is COC(=O)C1CC(CSCCc2ccccc2)CN1C(=O)C(c1ccccc1)c1ccccc1. The fraction of sp³-hybridized carbons (Fsp3) is 0.310. The summed E-state index contributed by atoms with van der Waals surface area (Å²) >= 11 is 1.89. The van der Waals surface area contributed by atoms with E-state index in [4.69, 9.17) is 4.74 Å². The molecule has 1 heterocycles. The molecule has 1 fully saturated rings. The summed E-state index contributed by atoms with van der Waals surface area (Å²) in [4.78, 5) is 28.4. The van der Waals surface area contributed by atoms with Crippen LogP contribution in [-0.2, 0) is 20.7 Å². The van der Waals surface area contributed by atoms with E-state index in [1.807, 2.05) is 78.5 Å². The summed E-state index contributed by atoms with van der Waals surface area (Å²) in [5, 5.41) is 0. The number of aryl methyl sites for hydroxylation is 1. The molecule has 0 N–H and O–H groups in total. The number of esters is 1. The molecule has 1 amide bonds. The zero-order valence-electron chi connectivity index (χ0n) is 19.5. The van der Waals surface area contributed by atoms with Crippen LogP contribution in [0.25, 0.3) is 0 Å². The molecule has 2 unspecified atom stereocenters. The summed E-state index contributed by atoms with van der Waals surface area (Å²) in [6.45, 7) is 0.576. The van der Waals surface area contributed by atoms with Crippen molar-refractivity contribution in [2.75, 3.05) is 25.2 Å². The number of methoxy groups -OCH3 is 1. The van der Waals surface area contributed by atoms with Crippen molar-refractivity contribution in [3.63, 3.8) is 0 Å². The van der Waals surface area contributed by atoms with E-state index in [1.165, 1.54) is 12.7 Å². The summed E-state index contributed by atoms with van der Waals surface area (Å²) in [6.07, 6.45) is 1.67. The van der Waals surface area contributed by atoms with Crippen LogP contribution in [0.3, 0.4) is 0 Å². The molecule has 1 aliphatic heterocycles. The van der Waals surface area contributed by atoms with Crippen molar-refractivity contribution in [1.29, 1.82) is 0 Å². The molecule has 0 spiro atoms. The number of amides is 1. The molecule has 0 saturated carbocycles. The standard InChI is InChI=1S/C29H31NO3S/c1-33-29(32)26-19-23(21-34-18-17-22-11-5-2-6-12-22)20-30(26)28(31)27(24-13-7-3-8-14-24)25-15-9-4-10-16-25/h2-16,23,26-27H,17-21H2,1H3. The number of nitrogens with zero attached hydrogens (tertiary/aromatic N) is 1. The van der Waals surface area contributed by atoms with Gasteiger partial charge in [0, 0.05) is 6.54 Å². The third kappa shape index (κ3) is 5.89. The van der Waals surface area contributed by atoms with E-state index >= 15 is 0 Å². The van der Waals surface area contributed by atoms with Crippen LogP contribution in [0, 0.1) is 5.92 Å². The zero-order chi connectivity index (χ0) is 23.8. The molecular weight excluding hydrogens is 442 g/mol. The second kappa shape index (κ2) is 11.9. The summed E-state index contributed by atoms with van der Waals surface area (Å²) < 4.78 is 5.10. The second-order valence-electron chi connectivity index (χ2n) is 8.70. The van der Waals surface area contributed by atoms with Crippen molar-refractivity contribution < 1.29 is 14.3 Å². The molecule has 0 radical (unpaired) electrons. The lowest BCUT2D eigenvalue weighted by Crippen LogP contribution is -2.43. The molecule has 176 valence electrons. The number of carbonyl (C=O) groups excluding carboxylic acids is 2. The van der Waals surface area contributed by atoms with E-state index in [0.717, 1.165) is 29.1 Å². The van der Waals surface area contributed by atoms with Gasteiger partial charge in [-0.15, -0.1) is 0 Å². The molecule has 0 aliphatic carbocycles. The molecule has 1 aliphatic rings. The highest BCUT2D eigenvalue weighted by Gasteiger charge is 2.42. The fourth-order valence-corrected chi connectivity index (χ4v) is 5.79. The number of ether oxygens (including phenoxy) is 1. The molecule has 1 saturated heterocycles. The number of benzene rings is 3. The van der Waals surface area contributed by atoms with Crippen LogP contribution in [0.5, 0.6) is 0 Å². The van der Waals surface area contributed by atoms with Crippen molar-refractivity contribution in [3.05, 3.63) is 108 Å². The van der Waals surface area contributed by atoms with Crippen LogP contribution in [-0.4, -0.2) is 48.0 Å². The van der Waals surface area contributed by atoms with Crippen molar-refractivity contribution in [3.8, 4) is 0 Å². The quantitative estimate of drug-likeness (QED) is 0.317. The minimum absolute atomic E-state index is 0.0374. The van der Waals surface area contributed by atoms with Gasteiger partial charge in [-0.1, -0.05) is 91.0 Å². The molecule has 0 aromatic heterocycles. The first-order valence-electron chi connectivity index (χ1n) is 11.8. The number of likely N-dealkylation sites (tertiary alicyclic amines) is 1. The monoisotopic (exact) mass is 473 g/mol. The maximum absolute atomic E-state index is 13.9. The van der Waals surface area contributed by atoms with Crippen LogP contribution in [0.4, 0.5) is 0 Å². The Morgan fingerprint density at radius 1 is 0.912 bits per heavy atom. The van der Waals surface area contributed by atoms with E-state index in [1.54, 1.807) is 4.90 Å². The van der Waals surface area contributed by atoms with Gasteiger partial charge in [0.15, 0.2) is 0 Å². The van der Waals surface area contributed by atoms with E-state index in [0.29, 0.717) is 13.0 Å². The molecule has 3 aromatic carbocycles. The van der Waals surface area contributed by atoms with E-state index in [9.17, 15) is 9.59 Å². The minimum Gasteiger partial charge on any atom is -0.467 e. The third-order valence-corrected chi connectivity index (χ3v) is 7.59. The number of rotatable bonds is 9. The average molecular weight is 474 g/mol. The Hall–Kier alpha value is -3.05. The number of hydrogen-bond donors (Lipinski definition) is 0. The first kappa shape index (κ1) is 24.1. The van der Waals surface area contributed by atoms with Crippen LogP contribution < -0.4 is 0 Å². The highest BCUT2D eigenvalue weighted by atomic mass is 32.2. The van der Waals surface area contributed by atoms with Gasteiger partial charge >= 0.3 is 5.97 Å². The lowest BCUT2D eigenvalue weighted by molar-refractivity contribution is -0.151. The van der Waals surface area contributed by atoms with Gasteiger partial charge in [-0.25, -0.2) is 4.79 Å². The van der Waals surface area contributed by atoms with E-state index in [-0.39, 0.29) is 17.8 Å². The maximum atomic E-state index is 13.9. The van der Waals surface area contributed by atoms with Gasteiger partial charge in [-0.3, -0.25) is 4.79 Å². The summed E-state index contributed by atoms with van der Waals surface area (Å²) in [7, 11) is 1.40. The fourth-order valence-electron chi connectivity index (χ4n) is 4.67. The molecule has 2 atom stereocenters. The number of hydrogen-bond acceptors (Lipinski definition) is 4. The Labute approximate surface area is 206 Å². The van der Waals surface area contributed by atoms with Gasteiger partial charge in [0.1, 0.15) is 6.04 Å². The Kier molecular flexibility index (Phi) is 8.42. The van der Waals surface area contributed by atoms with Crippen LogP contribution in [0.2, 0.25) is 0 Å². The molecule has 34 heavy (non-hydrogen) atoms. The summed E-state index contributed by atoms with van der Waals surface area (Å²) in [6, 6.07) is 29.6. The van der Waals surface area contributed by atoms with Crippen molar-refractivity contribution in [1.82, 2.24) is 4.90 Å². The average Bonchev–Trinajstić information content (AvgIpc) is 3.32. The van der Waals surface area contributed by atoms with Gasteiger partial charge < -0.3 is 9.64 Å². The molecule has 5 heteroatoms. The highest BCUT2D eigenvalue weighted by Crippen LogP contribution is 2.33. The van der Waals surface area contributed by atoms with Gasteiger partial charge in [-0.2, -0.15) is 11.8 Å². The zero-order valence-corrected chi connectivity index (χ0v) is 20.3. The van der Waals surface area contributed by atoms with Gasteiger partial charge in [-0.05, 0) is 47.0 Å². The van der Waals surface area contributed by atoms with Gasteiger partial charge in [0.2, 0.25) is 5.91 Å². The first-order valence-corrected chi connectivity index (χ1v) is 12.9. The largest absolute Gasteiger partial charge is 0.467 e. The van der Waals surface area contributed by atoms with Gasteiger partial charge in [0.05, 0.1) is 13.0 Å². The number of carbonyl (C=O) groups is 2. The highest BCUT2D eigenvalue weighted by molar-refractivity contribution is 7.99.